The lowest BCUT2D eigenvalue weighted by atomic mass is 9.62. The number of para-hydroxylation sites is 1. The van der Waals surface area contributed by atoms with Gasteiger partial charge in [0.25, 0.3) is 0 Å². The Labute approximate surface area is 242 Å². The van der Waals surface area contributed by atoms with Gasteiger partial charge in [0.15, 0.2) is 11.6 Å². The number of halogens is 1. The minimum Gasteiger partial charge on any atom is -0.497 e. The monoisotopic (exact) mass is 560 g/mol. The first-order valence-electron chi connectivity index (χ1n) is 13.4. The van der Waals surface area contributed by atoms with E-state index in [-0.39, 0.29) is 28.1 Å². The van der Waals surface area contributed by atoms with E-state index in [1.165, 1.54) is 7.11 Å². The van der Waals surface area contributed by atoms with Gasteiger partial charge in [0.1, 0.15) is 17.2 Å². The summed E-state index contributed by atoms with van der Waals surface area (Å²) in [6.07, 6.45) is 3.79. The van der Waals surface area contributed by atoms with E-state index in [0.29, 0.717) is 22.6 Å². The van der Waals surface area contributed by atoms with Gasteiger partial charge in [-0.1, -0.05) is 78.3 Å². The van der Waals surface area contributed by atoms with E-state index in [0.717, 1.165) is 11.1 Å². The van der Waals surface area contributed by atoms with E-state index in [9.17, 15) is 14.4 Å². The smallest absolute Gasteiger partial charge is 0.238 e. The summed E-state index contributed by atoms with van der Waals surface area (Å²) in [5, 5.41) is 3.33. The van der Waals surface area contributed by atoms with Crippen molar-refractivity contribution in [1.82, 2.24) is 4.90 Å². The quantitative estimate of drug-likeness (QED) is 0.289. The molecule has 0 radical (unpaired) electrons. The summed E-state index contributed by atoms with van der Waals surface area (Å²) in [5.74, 6) is -1.52. The number of benzene rings is 4. The van der Waals surface area contributed by atoms with Crippen LogP contribution in [0.15, 0.2) is 103 Å². The molecule has 3 heterocycles. The Bertz CT molecular complexity index is 1780. The third kappa shape index (κ3) is 3.54. The molecular formula is C34H25ClN2O4. The fraction of sp³-hybridized carbons (Fsp3) is 0.147. The normalized spacial score (nSPS) is 23.5. The van der Waals surface area contributed by atoms with Crippen LogP contribution in [0.3, 0.4) is 0 Å². The first-order valence-corrected chi connectivity index (χ1v) is 13.8. The van der Waals surface area contributed by atoms with Crippen molar-refractivity contribution in [3.63, 3.8) is 0 Å². The number of fused-ring (bicyclic) bond motifs is 6. The molecule has 0 unspecified atom stereocenters. The molecule has 1 N–H and O–H groups in total. The molecule has 41 heavy (non-hydrogen) atoms. The Morgan fingerprint density at radius 3 is 2.49 bits per heavy atom. The molecule has 0 aliphatic carbocycles. The standard InChI is InChI=1S/C34H25ClN2O4/c1-41-22-11-8-10-21(19-22)30(38)29-28(31(39)24-13-4-6-15-26(24)35)34(25-14-5-7-16-27(25)36-33(34)40)32-23-12-3-2-9-20(23)17-18-37(29)32/h2-19,28-29,32H,1H3,(H,36,40)/t28-,29+,32+,34+/m1/s1. The SMILES string of the molecule is COc1cccc(C(=O)[C@@H]2[C@H](C(=O)c3ccccc3Cl)[C@]3(C(=O)Nc4ccccc43)[C@@H]3c4ccccc4C=CN23)c1. The number of rotatable bonds is 5. The number of Topliss-reactive ketones (excluding diaryl/α,β-unsaturated/α-hetero) is 2. The fourth-order valence-electron chi connectivity index (χ4n) is 6.94. The molecule has 1 saturated heterocycles. The molecule has 1 fully saturated rings. The molecule has 0 aromatic heterocycles. The highest BCUT2D eigenvalue weighted by molar-refractivity contribution is 6.34. The zero-order valence-electron chi connectivity index (χ0n) is 22.1. The van der Waals surface area contributed by atoms with Crippen LogP contribution in [0.25, 0.3) is 6.08 Å². The van der Waals surface area contributed by atoms with Gasteiger partial charge in [-0.05, 0) is 53.1 Å². The van der Waals surface area contributed by atoms with Crippen LogP contribution >= 0.6 is 11.6 Å². The van der Waals surface area contributed by atoms with Crippen LogP contribution in [0.2, 0.25) is 5.02 Å². The number of nitrogens with one attached hydrogen (secondary N) is 1. The molecule has 4 aromatic rings. The second-order valence-corrected chi connectivity index (χ2v) is 10.9. The Balaban J connectivity index is 1.54. The number of amides is 1. The highest BCUT2D eigenvalue weighted by Gasteiger charge is 2.70. The van der Waals surface area contributed by atoms with Crippen molar-refractivity contribution in [2.45, 2.75) is 17.5 Å². The number of ketones is 2. The van der Waals surface area contributed by atoms with Crippen LogP contribution in [-0.4, -0.2) is 35.5 Å². The Morgan fingerprint density at radius 1 is 0.902 bits per heavy atom. The lowest BCUT2D eigenvalue weighted by Gasteiger charge is -2.38. The summed E-state index contributed by atoms with van der Waals surface area (Å²) in [6.45, 7) is 0. The summed E-state index contributed by atoms with van der Waals surface area (Å²) in [6, 6.07) is 27.3. The largest absolute Gasteiger partial charge is 0.497 e. The summed E-state index contributed by atoms with van der Waals surface area (Å²) in [4.78, 5) is 45.8. The number of hydrogen-bond acceptors (Lipinski definition) is 5. The Morgan fingerprint density at radius 2 is 1.66 bits per heavy atom. The van der Waals surface area contributed by atoms with Gasteiger partial charge in [0, 0.05) is 23.0 Å². The van der Waals surface area contributed by atoms with E-state index in [4.69, 9.17) is 16.3 Å². The molecule has 202 valence electrons. The molecule has 1 spiro atoms. The molecule has 3 aliphatic heterocycles. The van der Waals surface area contributed by atoms with E-state index in [1.54, 1.807) is 48.5 Å². The molecule has 6 nitrogen and oxygen atoms in total. The van der Waals surface area contributed by atoms with Crippen LogP contribution in [0.5, 0.6) is 5.75 Å². The minimum atomic E-state index is -1.41. The van der Waals surface area contributed by atoms with Crippen LogP contribution in [0, 0.1) is 5.92 Å². The van der Waals surface area contributed by atoms with Crippen molar-refractivity contribution < 1.29 is 19.1 Å². The van der Waals surface area contributed by atoms with Crippen molar-refractivity contribution in [2.24, 2.45) is 5.92 Å². The van der Waals surface area contributed by atoms with Crippen molar-refractivity contribution in [3.05, 3.63) is 136 Å². The second-order valence-electron chi connectivity index (χ2n) is 10.5. The predicted octanol–water partition coefficient (Wildman–Crippen LogP) is 6.33. The van der Waals surface area contributed by atoms with Gasteiger partial charge in [-0.15, -0.1) is 0 Å². The number of ether oxygens (including phenoxy) is 1. The minimum absolute atomic E-state index is 0.271. The van der Waals surface area contributed by atoms with Gasteiger partial charge in [-0.3, -0.25) is 14.4 Å². The van der Waals surface area contributed by atoms with Gasteiger partial charge in [-0.2, -0.15) is 0 Å². The van der Waals surface area contributed by atoms with Gasteiger partial charge in [0.2, 0.25) is 5.91 Å². The first-order chi connectivity index (χ1) is 20.0. The fourth-order valence-corrected chi connectivity index (χ4v) is 7.17. The average molecular weight is 561 g/mol. The number of carbonyl (C=O) groups excluding carboxylic acids is 3. The summed E-state index contributed by atoms with van der Waals surface area (Å²) in [7, 11) is 1.54. The number of anilines is 1. The number of carbonyl (C=O) groups is 3. The van der Waals surface area contributed by atoms with E-state index in [2.05, 4.69) is 5.32 Å². The summed E-state index contributed by atoms with van der Waals surface area (Å²) >= 11 is 6.60. The highest BCUT2D eigenvalue weighted by Crippen LogP contribution is 2.62. The van der Waals surface area contributed by atoms with Crippen LogP contribution in [-0.2, 0) is 10.2 Å². The van der Waals surface area contributed by atoms with E-state index >= 15 is 0 Å². The molecule has 4 aromatic carbocycles. The van der Waals surface area contributed by atoms with Crippen LogP contribution in [0.1, 0.15) is 43.4 Å². The summed E-state index contributed by atoms with van der Waals surface area (Å²) in [5.41, 5.74) is 2.39. The second kappa shape index (κ2) is 9.46. The van der Waals surface area contributed by atoms with E-state index < -0.39 is 23.4 Å². The summed E-state index contributed by atoms with van der Waals surface area (Å²) < 4.78 is 5.41. The number of nitrogens with zero attached hydrogens (tertiary/aromatic N) is 1. The lowest BCUT2D eigenvalue weighted by Crippen LogP contribution is -2.49. The third-order valence-electron chi connectivity index (χ3n) is 8.62. The topological polar surface area (TPSA) is 75.7 Å². The Hall–Kier alpha value is -4.68. The van der Waals surface area contributed by atoms with Crippen molar-refractivity contribution in [1.29, 1.82) is 0 Å². The number of methoxy groups -OCH3 is 1. The van der Waals surface area contributed by atoms with Gasteiger partial charge in [-0.25, -0.2) is 0 Å². The molecule has 0 bridgehead atoms. The zero-order valence-corrected chi connectivity index (χ0v) is 22.8. The molecule has 4 atom stereocenters. The molecule has 3 aliphatic rings. The van der Waals surface area contributed by atoms with Gasteiger partial charge >= 0.3 is 0 Å². The van der Waals surface area contributed by atoms with Crippen LogP contribution < -0.4 is 10.1 Å². The average Bonchev–Trinajstić information content (AvgIpc) is 3.49. The third-order valence-corrected chi connectivity index (χ3v) is 8.94. The molecule has 7 rings (SSSR count). The highest BCUT2D eigenvalue weighted by atomic mass is 35.5. The maximum Gasteiger partial charge on any atom is 0.238 e. The lowest BCUT2D eigenvalue weighted by molar-refractivity contribution is -0.122. The molecule has 7 heteroatoms. The van der Waals surface area contributed by atoms with Crippen molar-refractivity contribution in [2.75, 3.05) is 12.4 Å². The molecular weight excluding hydrogens is 536 g/mol. The predicted molar refractivity (Wildman–Crippen MR) is 157 cm³/mol. The number of hydrogen-bond donors (Lipinski definition) is 1. The van der Waals surface area contributed by atoms with Crippen molar-refractivity contribution >= 4 is 40.8 Å². The van der Waals surface area contributed by atoms with Crippen molar-refractivity contribution in [3.8, 4) is 5.75 Å². The van der Waals surface area contributed by atoms with Gasteiger partial charge < -0.3 is 15.0 Å². The molecule has 0 saturated carbocycles. The Kier molecular flexibility index (Phi) is 5.84. The maximum absolute atomic E-state index is 14.8. The molecule has 1 amide bonds. The first kappa shape index (κ1) is 25.3. The zero-order chi connectivity index (χ0) is 28.3. The van der Waals surface area contributed by atoms with Gasteiger partial charge in [0.05, 0.1) is 24.1 Å². The van der Waals surface area contributed by atoms with Crippen LogP contribution in [0.4, 0.5) is 5.69 Å². The maximum atomic E-state index is 14.8. The van der Waals surface area contributed by atoms with E-state index in [1.807, 2.05) is 65.7 Å².